The van der Waals surface area contributed by atoms with Gasteiger partial charge in [-0.15, -0.1) is 0 Å². The van der Waals surface area contributed by atoms with Gasteiger partial charge in [0, 0.05) is 16.4 Å². The molecule has 0 unspecified atom stereocenters. The van der Waals surface area contributed by atoms with E-state index < -0.39 is 11.8 Å². The Morgan fingerprint density at radius 2 is 2.12 bits per heavy atom. The third-order valence-corrected chi connectivity index (χ3v) is 2.91. The molecule has 1 aromatic carbocycles. The summed E-state index contributed by atoms with van der Waals surface area (Å²) in [5.74, 6) is -1.62. The maximum atomic E-state index is 13.0. The number of hydrogen-bond donors (Lipinski definition) is 1. The van der Waals surface area contributed by atoms with Gasteiger partial charge < -0.3 is 9.67 Å². The average molecular weight is 319 g/mol. The number of benzene rings is 1. The van der Waals surface area contributed by atoms with E-state index in [1.165, 1.54) is 28.8 Å². The third kappa shape index (κ3) is 2.35. The molecular weight excluding hydrogens is 312 g/mol. The summed E-state index contributed by atoms with van der Waals surface area (Å²) < 4.78 is 15.0. The van der Waals surface area contributed by atoms with Gasteiger partial charge in [0.15, 0.2) is 0 Å². The number of carboxylic acid groups (broad SMARTS) is 1. The smallest absolute Gasteiger partial charge is 0.352 e. The summed E-state index contributed by atoms with van der Waals surface area (Å²) in [6.45, 7) is 0. The Bertz CT molecular complexity index is 597. The van der Waals surface area contributed by atoms with E-state index in [1.54, 1.807) is 6.20 Å². The fourth-order valence-corrected chi connectivity index (χ4v) is 2.04. The summed E-state index contributed by atoms with van der Waals surface area (Å²) in [4.78, 5) is 11.0. The number of halogens is 3. The second kappa shape index (κ2) is 4.50. The van der Waals surface area contributed by atoms with Crippen LogP contribution in [0.1, 0.15) is 10.5 Å². The highest BCUT2D eigenvalue weighted by molar-refractivity contribution is 9.10. The number of carboxylic acids is 1. The summed E-state index contributed by atoms with van der Waals surface area (Å²) in [5.41, 5.74) is 0.555. The van der Waals surface area contributed by atoms with Crippen LogP contribution in [0.15, 0.2) is 34.9 Å². The maximum Gasteiger partial charge on any atom is 0.352 e. The molecule has 6 heteroatoms. The zero-order chi connectivity index (χ0) is 12.6. The lowest BCUT2D eigenvalue weighted by molar-refractivity contribution is 0.0688. The van der Waals surface area contributed by atoms with Gasteiger partial charge in [-0.05, 0) is 40.2 Å². The van der Waals surface area contributed by atoms with Gasteiger partial charge in [0.2, 0.25) is 0 Å². The summed E-state index contributed by atoms with van der Waals surface area (Å²) in [7, 11) is 0. The molecule has 0 radical (unpaired) electrons. The van der Waals surface area contributed by atoms with Crippen LogP contribution in [-0.2, 0) is 0 Å². The molecule has 0 aliphatic rings. The van der Waals surface area contributed by atoms with E-state index in [1.807, 2.05) is 0 Å². The Balaban J connectivity index is 2.59. The van der Waals surface area contributed by atoms with Crippen LogP contribution in [0, 0.1) is 5.82 Å². The topological polar surface area (TPSA) is 42.2 Å². The van der Waals surface area contributed by atoms with Crippen molar-refractivity contribution in [2.75, 3.05) is 0 Å². The number of aromatic nitrogens is 1. The van der Waals surface area contributed by atoms with Gasteiger partial charge in [-0.1, -0.05) is 11.6 Å². The first kappa shape index (κ1) is 12.1. The highest BCUT2D eigenvalue weighted by Gasteiger charge is 2.13. The molecule has 3 nitrogen and oxygen atoms in total. The molecule has 2 rings (SSSR count). The van der Waals surface area contributed by atoms with Crippen molar-refractivity contribution < 1.29 is 14.3 Å². The molecule has 0 bridgehead atoms. The average Bonchev–Trinajstić information content (AvgIpc) is 2.64. The zero-order valence-corrected chi connectivity index (χ0v) is 10.7. The van der Waals surface area contributed by atoms with Gasteiger partial charge in [0.05, 0.1) is 5.02 Å². The van der Waals surface area contributed by atoms with Gasteiger partial charge >= 0.3 is 5.97 Å². The molecule has 0 saturated heterocycles. The minimum absolute atomic E-state index is 0.0522. The van der Waals surface area contributed by atoms with Crippen LogP contribution in [0.3, 0.4) is 0 Å². The van der Waals surface area contributed by atoms with Crippen molar-refractivity contribution in [1.82, 2.24) is 4.57 Å². The second-order valence-electron chi connectivity index (χ2n) is 3.32. The van der Waals surface area contributed by atoms with Crippen molar-refractivity contribution >= 4 is 33.5 Å². The molecule has 88 valence electrons. The third-order valence-electron chi connectivity index (χ3n) is 2.19. The van der Waals surface area contributed by atoms with E-state index in [0.717, 1.165) is 0 Å². The highest BCUT2D eigenvalue weighted by atomic mass is 79.9. The monoisotopic (exact) mass is 317 g/mol. The predicted octanol–water partition coefficient (Wildman–Crippen LogP) is 3.73. The Hall–Kier alpha value is -1.33. The van der Waals surface area contributed by atoms with Crippen LogP contribution in [0.4, 0.5) is 4.39 Å². The molecule has 2 aromatic rings. The van der Waals surface area contributed by atoms with Crippen LogP contribution in [-0.4, -0.2) is 15.6 Å². The first-order valence-corrected chi connectivity index (χ1v) is 5.73. The van der Waals surface area contributed by atoms with Crippen LogP contribution in [0.2, 0.25) is 5.02 Å². The fraction of sp³-hybridized carbons (Fsp3) is 0. The lowest BCUT2D eigenvalue weighted by Crippen LogP contribution is -2.05. The Kier molecular flexibility index (Phi) is 3.22. The Labute approximate surface area is 110 Å². The van der Waals surface area contributed by atoms with Crippen molar-refractivity contribution in [3.63, 3.8) is 0 Å². The lowest BCUT2D eigenvalue weighted by atomic mass is 10.3. The molecule has 0 saturated carbocycles. The quantitative estimate of drug-likeness (QED) is 0.916. The first-order chi connectivity index (χ1) is 7.99. The molecule has 0 atom stereocenters. The minimum atomic E-state index is -1.07. The molecule has 1 heterocycles. The molecule has 0 fully saturated rings. The number of aromatic carboxylic acids is 1. The molecule has 17 heavy (non-hydrogen) atoms. The van der Waals surface area contributed by atoms with E-state index in [4.69, 9.17) is 16.7 Å². The van der Waals surface area contributed by atoms with E-state index in [-0.39, 0.29) is 10.7 Å². The number of hydrogen-bond acceptors (Lipinski definition) is 1. The standard InChI is InChI=1S/C11H6BrClFNO2/c12-6-3-10(11(16)17)15(5-6)7-1-2-9(14)8(13)4-7/h1-5H,(H,16,17). The molecule has 1 N–H and O–H groups in total. The number of rotatable bonds is 2. The minimum Gasteiger partial charge on any atom is -0.477 e. The molecule has 0 amide bonds. The zero-order valence-electron chi connectivity index (χ0n) is 8.32. The number of nitrogens with zero attached hydrogens (tertiary/aromatic N) is 1. The van der Waals surface area contributed by atoms with Crippen LogP contribution < -0.4 is 0 Å². The van der Waals surface area contributed by atoms with Gasteiger partial charge in [-0.2, -0.15) is 0 Å². The molecule has 0 aliphatic heterocycles. The summed E-state index contributed by atoms with van der Waals surface area (Å²) in [6.07, 6.45) is 1.58. The van der Waals surface area contributed by atoms with Gasteiger partial charge in [0.1, 0.15) is 11.5 Å². The van der Waals surface area contributed by atoms with Crippen molar-refractivity contribution in [3.05, 3.63) is 51.5 Å². The number of carbonyl (C=O) groups is 1. The Morgan fingerprint density at radius 1 is 1.41 bits per heavy atom. The van der Waals surface area contributed by atoms with E-state index >= 15 is 0 Å². The highest BCUT2D eigenvalue weighted by Crippen LogP contribution is 2.23. The second-order valence-corrected chi connectivity index (χ2v) is 4.64. The molecular formula is C11H6BrClFNO2. The Morgan fingerprint density at radius 3 is 2.71 bits per heavy atom. The van der Waals surface area contributed by atoms with Crippen LogP contribution in [0.5, 0.6) is 0 Å². The van der Waals surface area contributed by atoms with Gasteiger partial charge in [-0.25, -0.2) is 9.18 Å². The van der Waals surface area contributed by atoms with E-state index in [0.29, 0.717) is 10.2 Å². The lowest BCUT2D eigenvalue weighted by Gasteiger charge is -2.06. The van der Waals surface area contributed by atoms with Gasteiger partial charge in [-0.3, -0.25) is 0 Å². The van der Waals surface area contributed by atoms with Crippen molar-refractivity contribution in [1.29, 1.82) is 0 Å². The summed E-state index contributed by atoms with van der Waals surface area (Å²) >= 11 is 8.85. The fourth-order valence-electron chi connectivity index (χ4n) is 1.44. The van der Waals surface area contributed by atoms with Crippen molar-refractivity contribution in [2.24, 2.45) is 0 Å². The van der Waals surface area contributed by atoms with Crippen molar-refractivity contribution in [2.45, 2.75) is 0 Å². The van der Waals surface area contributed by atoms with Crippen LogP contribution in [0.25, 0.3) is 5.69 Å². The van der Waals surface area contributed by atoms with Crippen LogP contribution >= 0.6 is 27.5 Å². The SMILES string of the molecule is O=C(O)c1cc(Br)cn1-c1ccc(F)c(Cl)c1. The normalized spacial score (nSPS) is 10.5. The van der Waals surface area contributed by atoms with E-state index in [2.05, 4.69) is 15.9 Å². The summed E-state index contributed by atoms with van der Waals surface area (Å²) in [5, 5.41) is 8.96. The van der Waals surface area contributed by atoms with E-state index in [9.17, 15) is 9.18 Å². The molecule has 0 spiro atoms. The van der Waals surface area contributed by atoms with Crippen molar-refractivity contribution in [3.8, 4) is 5.69 Å². The van der Waals surface area contributed by atoms with Gasteiger partial charge in [0.25, 0.3) is 0 Å². The molecule has 0 aliphatic carbocycles. The summed E-state index contributed by atoms with van der Waals surface area (Å²) in [6, 6.07) is 5.48. The maximum absolute atomic E-state index is 13.0. The molecule has 1 aromatic heterocycles. The first-order valence-electron chi connectivity index (χ1n) is 4.55. The largest absolute Gasteiger partial charge is 0.477 e. The predicted molar refractivity (Wildman–Crippen MR) is 65.4 cm³/mol.